The molecule has 0 radical (unpaired) electrons. The zero-order valence-electron chi connectivity index (χ0n) is 9.40. The molecule has 1 aliphatic rings. The minimum absolute atomic E-state index is 0.315. The topological polar surface area (TPSA) is 62.2 Å². The van der Waals surface area contributed by atoms with Crippen molar-refractivity contribution in [3.05, 3.63) is 28.5 Å². The number of halogens is 1. The Morgan fingerprint density at radius 3 is 2.76 bits per heavy atom. The molecule has 1 saturated carbocycles. The van der Waals surface area contributed by atoms with Gasteiger partial charge in [0.05, 0.1) is 0 Å². The van der Waals surface area contributed by atoms with E-state index < -0.39 is 12.0 Å². The van der Waals surface area contributed by atoms with Crippen molar-refractivity contribution < 1.29 is 9.90 Å². The summed E-state index contributed by atoms with van der Waals surface area (Å²) in [7, 11) is 0. The molecule has 1 heterocycles. The summed E-state index contributed by atoms with van der Waals surface area (Å²) in [6, 6.07) is 1.45. The van der Waals surface area contributed by atoms with Crippen LogP contribution in [0.4, 0.5) is 0 Å². The monoisotopic (exact) mass is 298 g/mol. The van der Waals surface area contributed by atoms with Crippen LogP contribution in [0.25, 0.3) is 0 Å². The van der Waals surface area contributed by atoms with Crippen LogP contribution in [0.15, 0.2) is 22.9 Å². The van der Waals surface area contributed by atoms with E-state index in [-0.39, 0.29) is 0 Å². The summed E-state index contributed by atoms with van der Waals surface area (Å²) >= 11 is 3.31. The van der Waals surface area contributed by atoms with Gasteiger partial charge < -0.3 is 5.11 Å². The Labute approximate surface area is 109 Å². The number of hydrogen-bond donors (Lipinski definition) is 2. The number of nitrogens with zero attached hydrogens (tertiary/aromatic N) is 1. The maximum atomic E-state index is 11.3. The molecule has 0 bridgehead atoms. The van der Waals surface area contributed by atoms with Crippen LogP contribution >= 0.6 is 15.9 Å². The second kappa shape index (κ2) is 5.60. The normalized spacial score (nSPS) is 18.2. The van der Waals surface area contributed by atoms with Gasteiger partial charge in [0.15, 0.2) is 0 Å². The molecule has 2 rings (SSSR count). The predicted octanol–water partition coefficient (Wildman–Crippen LogP) is 2.50. The van der Waals surface area contributed by atoms with Gasteiger partial charge in [0.1, 0.15) is 6.04 Å². The second-order valence-corrected chi connectivity index (χ2v) is 5.27. The van der Waals surface area contributed by atoms with Crippen molar-refractivity contribution in [2.45, 2.75) is 37.8 Å². The van der Waals surface area contributed by atoms with E-state index in [0.717, 1.165) is 17.3 Å². The van der Waals surface area contributed by atoms with Crippen molar-refractivity contribution in [1.82, 2.24) is 10.3 Å². The molecule has 4 nitrogen and oxygen atoms in total. The summed E-state index contributed by atoms with van der Waals surface area (Å²) in [5, 5.41) is 12.5. The van der Waals surface area contributed by atoms with Gasteiger partial charge in [-0.25, -0.2) is 0 Å². The Morgan fingerprint density at radius 1 is 1.47 bits per heavy atom. The second-order valence-electron chi connectivity index (χ2n) is 4.36. The highest BCUT2D eigenvalue weighted by atomic mass is 79.9. The lowest BCUT2D eigenvalue weighted by Crippen LogP contribution is -2.35. The van der Waals surface area contributed by atoms with Crippen LogP contribution < -0.4 is 5.32 Å². The predicted molar refractivity (Wildman–Crippen MR) is 67.7 cm³/mol. The fraction of sp³-hybridized carbons (Fsp3) is 0.500. The Hall–Kier alpha value is -0.940. The molecule has 0 spiro atoms. The number of rotatable bonds is 4. The summed E-state index contributed by atoms with van der Waals surface area (Å²) < 4.78 is 0.800. The molecule has 1 aromatic heterocycles. The number of nitrogens with one attached hydrogen (secondary N) is 1. The zero-order valence-corrected chi connectivity index (χ0v) is 11.0. The van der Waals surface area contributed by atoms with Gasteiger partial charge in [0, 0.05) is 22.9 Å². The number of carboxylic acids is 1. The maximum Gasteiger partial charge on any atom is 0.325 e. The maximum absolute atomic E-state index is 11.3. The number of pyridine rings is 1. The van der Waals surface area contributed by atoms with Crippen LogP contribution in [0, 0.1) is 0 Å². The first-order valence-corrected chi connectivity index (χ1v) is 6.55. The quantitative estimate of drug-likeness (QED) is 0.896. The van der Waals surface area contributed by atoms with Crippen molar-refractivity contribution in [3.63, 3.8) is 0 Å². The molecule has 0 saturated heterocycles. The highest BCUT2D eigenvalue weighted by molar-refractivity contribution is 9.10. The number of aromatic nitrogens is 1. The van der Waals surface area contributed by atoms with Gasteiger partial charge in [0.2, 0.25) is 0 Å². The fourth-order valence-electron chi connectivity index (χ4n) is 2.22. The van der Waals surface area contributed by atoms with Crippen LogP contribution in [0.2, 0.25) is 0 Å². The van der Waals surface area contributed by atoms with Gasteiger partial charge in [-0.15, -0.1) is 0 Å². The number of aliphatic carboxylic acids is 1. The standard InChI is InChI=1S/C12H15BrN2O2/c13-9-5-8(6-14-7-9)11(12(16)17)15-10-3-1-2-4-10/h5-7,10-11,15H,1-4H2,(H,16,17). The third kappa shape index (κ3) is 3.26. The smallest absolute Gasteiger partial charge is 0.325 e. The summed E-state index contributed by atoms with van der Waals surface area (Å²) in [5.74, 6) is -0.850. The highest BCUT2D eigenvalue weighted by Crippen LogP contribution is 2.23. The van der Waals surface area contributed by atoms with E-state index in [9.17, 15) is 9.90 Å². The van der Waals surface area contributed by atoms with Crippen molar-refractivity contribution in [3.8, 4) is 0 Å². The average Bonchev–Trinajstić information content (AvgIpc) is 2.78. The van der Waals surface area contributed by atoms with E-state index in [1.807, 2.05) is 0 Å². The van der Waals surface area contributed by atoms with Crippen molar-refractivity contribution in [2.24, 2.45) is 0 Å². The summed E-state index contributed by atoms with van der Waals surface area (Å²) in [5.41, 5.74) is 0.693. The first-order valence-electron chi connectivity index (χ1n) is 5.76. The van der Waals surface area contributed by atoms with E-state index in [1.165, 1.54) is 12.8 Å². The van der Waals surface area contributed by atoms with Crippen LogP contribution in [-0.2, 0) is 4.79 Å². The van der Waals surface area contributed by atoms with E-state index in [0.29, 0.717) is 11.6 Å². The Bertz CT molecular complexity index is 405. The van der Waals surface area contributed by atoms with Gasteiger partial charge in [-0.05, 0) is 40.4 Å². The molecule has 2 N–H and O–H groups in total. The minimum Gasteiger partial charge on any atom is -0.480 e. The highest BCUT2D eigenvalue weighted by Gasteiger charge is 2.25. The Morgan fingerprint density at radius 2 is 2.18 bits per heavy atom. The van der Waals surface area contributed by atoms with E-state index in [4.69, 9.17) is 0 Å². The minimum atomic E-state index is -0.850. The third-order valence-corrected chi connectivity index (χ3v) is 3.50. The van der Waals surface area contributed by atoms with Crippen LogP contribution in [-0.4, -0.2) is 22.1 Å². The first kappa shape index (κ1) is 12.5. The van der Waals surface area contributed by atoms with Crippen LogP contribution in [0.3, 0.4) is 0 Å². The molecule has 0 aromatic carbocycles. The van der Waals surface area contributed by atoms with E-state index in [2.05, 4.69) is 26.2 Å². The van der Waals surface area contributed by atoms with E-state index >= 15 is 0 Å². The summed E-state index contributed by atoms with van der Waals surface area (Å²) in [6.45, 7) is 0. The average molecular weight is 299 g/mol. The zero-order chi connectivity index (χ0) is 12.3. The largest absolute Gasteiger partial charge is 0.480 e. The third-order valence-electron chi connectivity index (χ3n) is 3.06. The molecule has 1 atom stereocenters. The lowest BCUT2D eigenvalue weighted by atomic mass is 10.1. The summed E-state index contributed by atoms with van der Waals surface area (Å²) in [4.78, 5) is 15.3. The first-order chi connectivity index (χ1) is 8.16. The lowest BCUT2D eigenvalue weighted by Gasteiger charge is -2.19. The van der Waals surface area contributed by atoms with Crippen LogP contribution in [0.5, 0.6) is 0 Å². The van der Waals surface area contributed by atoms with Crippen LogP contribution in [0.1, 0.15) is 37.3 Å². The van der Waals surface area contributed by atoms with Crippen molar-refractivity contribution in [2.75, 3.05) is 0 Å². The lowest BCUT2D eigenvalue weighted by molar-refractivity contribution is -0.139. The Balaban J connectivity index is 2.13. The number of carboxylic acid groups (broad SMARTS) is 1. The number of hydrogen-bond acceptors (Lipinski definition) is 3. The molecule has 1 fully saturated rings. The molecule has 0 amide bonds. The van der Waals surface area contributed by atoms with Crippen molar-refractivity contribution >= 4 is 21.9 Å². The molecular weight excluding hydrogens is 284 g/mol. The molecule has 1 unspecified atom stereocenters. The van der Waals surface area contributed by atoms with Crippen molar-refractivity contribution in [1.29, 1.82) is 0 Å². The fourth-order valence-corrected chi connectivity index (χ4v) is 2.61. The Kier molecular flexibility index (Phi) is 4.12. The molecule has 5 heteroatoms. The molecular formula is C12H15BrN2O2. The molecule has 1 aliphatic carbocycles. The molecule has 1 aromatic rings. The number of carbonyl (C=O) groups is 1. The SMILES string of the molecule is O=C(O)C(NC1CCCC1)c1cncc(Br)c1. The molecule has 92 valence electrons. The van der Waals surface area contributed by atoms with Gasteiger partial charge in [-0.3, -0.25) is 15.1 Å². The summed E-state index contributed by atoms with van der Waals surface area (Å²) in [6.07, 6.45) is 7.74. The van der Waals surface area contributed by atoms with Gasteiger partial charge in [-0.2, -0.15) is 0 Å². The van der Waals surface area contributed by atoms with Gasteiger partial charge in [-0.1, -0.05) is 12.8 Å². The molecule has 0 aliphatic heterocycles. The van der Waals surface area contributed by atoms with E-state index in [1.54, 1.807) is 18.5 Å². The molecule has 17 heavy (non-hydrogen) atoms. The van der Waals surface area contributed by atoms with Gasteiger partial charge >= 0.3 is 5.97 Å². The van der Waals surface area contributed by atoms with Gasteiger partial charge in [0.25, 0.3) is 0 Å².